The number of nitriles is 1. The number of furan rings is 1. The molecule has 24 heavy (non-hydrogen) atoms. The van der Waals surface area contributed by atoms with Crippen molar-refractivity contribution in [3.05, 3.63) is 35.1 Å². The first-order chi connectivity index (χ1) is 11.9. The average molecular weight is 324 g/mol. The van der Waals surface area contributed by atoms with Crippen molar-refractivity contribution in [2.45, 2.75) is 44.6 Å². The molecule has 1 aliphatic heterocycles. The second-order valence-electron chi connectivity index (χ2n) is 6.52. The third kappa shape index (κ3) is 2.78. The van der Waals surface area contributed by atoms with Crippen LogP contribution in [0.1, 0.15) is 42.4 Å². The summed E-state index contributed by atoms with van der Waals surface area (Å²) in [6.07, 6.45) is 8.34. The zero-order valence-corrected chi connectivity index (χ0v) is 13.7. The minimum Gasteiger partial charge on any atom is -0.461 e. The van der Waals surface area contributed by atoms with Crippen LogP contribution in [0.15, 0.2) is 22.8 Å². The first kappa shape index (κ1) is 15.2. The van der Waals surface area contributed by atoms with E-state index in [1.807, 2.05) is 12.1 Å². The minimum atomic E-state index is 0.230. The Labute approximate surface area is 141 Å². The molecule has 5 nitrogen and oxygen atoms in total. The molecular formula is C19H22N3O2+. The maximum Gasteiger partial charge on any atom is 0.291 e. The summed E-state index contributed by atoms with van der Waals surface area (Å²) >= 11 is 0. The van der Waals surface area contributed by atoms with Crippen LogP contribution in [0.2, 0.25) is 0 Å². The molecule has 0 amide bonds. The number of hydrogen-bond donors (Lipinski definition) is 1. The van der Waals surface area contributed by atoms with Crippen LogP contribution in [0.5, 0.6) is 0 Å². The third-order valence-electron chi connectivity index (χ3n) is 4.98. The zero-order valence-electron chi connectivity index (χ0n) is 13.7. The molecule has 1 atom stereocenters. The number of rotatable bonds is 4. The minimum absolute atomic E-state index is 0.230. The Morgan fingerprint density at radius 3 is 2.83 bits per heavy atom. The number of nitrogens with one attached hydrogen (secondary N) is 2. The van der Waals surface area contributed by atoms with Gasteiger partial charge in [-0.3, -0.25) is 5.32 Å². The Hall–Kier alpha value is -2.32. The quantitative estimate of drug-likeness (QED) is 0.938. The van der Waals surface area contributed by atoms with E-state index in [1.54, 1.807) is 6.26 Å². The van der Waals surface area contributed by atoms with Crippen LogP contribution in [0, 0.1) is 11.3 Å². The van der Waals surface area contributed by atoms with Crippen LogP contribution >= 0.6 is 0 Å². The normalized spacial score (nSPS) is 19.7. The molecular weight excluding hydrogens is 302 g/mol. The monoisotopic (exact) mass is 324 g/mol. The summed E-state index contributed by atoms with van der Waals surface area (Å²) < 4.78 is 11.3. The predicted octanol–water partition coefficient (Wildman–Crippen LogP) is 3.10. The molecule has 0 saturated carbocycles. The standard InChI is InChI=1S/C19H21N3O2/c20-11-16-14-6-1-2-7-15(14)18(17-8-4-10-24-17)22-19(16)21-12-13-5-3-9-23-13/h4,8,10,13H,1-3,5-7,9,12H2,(H,21,22)/p+1/t13-/m0/s1. The van der Waals surface area contributed by atoms with E-state index in [1.165, 1.54) is 11.1 Å². The molecule has 2 aliphatic rings. The van der Waals surface area contributed by atoms with Crippen molar-refractivity contribution in [2.75, 3.05) is 18.5 Å². The molecule has 1 fully saturated rings. The average Bonchev–Trinajstić information content (AvgIpc) is 3.32. The van der Waals surface area contributed by atoms with Crippen molar-refractivity contribution in [3.8, 4) is 17.5 Å². The molecule has 3 heterocycles. The smallest absolute Gasteiger partial charge is 0.291 e. The van der Waals surface area contributed by atoms with Crippen LogP contribution in [0.4, 0.5) is 5.82 Å². The van der Waals surface area contributed by atoms with Crippen LogP contribution in [-0.2, 0) is 17.6 Å². The van der Waals surface area contributed by atoms with E-state index in [-0.39, 0.29) is 6.10 Å². The van der Waals surface area contributed by atoms with Crippen molar-refractivity contribution in [1.82, 2.24) is 0 Å². The van der Waals surface area contributed by atoms with Gasteiger partial charge in [0.05, 0.1) is 12.4 Å². The topological polar surface area (TPSA) is 72.3 Å². The van der Waals surface area contributed by atoms with Gasteiger partial charge in [0.1, 0.15) is 18.2 Å². The molecule has 2 aromatic heterocycles. The van der Waals surface area contributed by atoms with E-state index in [9.17, 15) is 5.26 Å². The molecule has 0 spiro atoms. The number of aromatic amines is 1. The van der Waals surface area contributed by atoms with E-state index < -0.39 is 0 Å². The molecule has 124 valence electrons. The number of aromatic nitrogens is 1. The Morgan fingerprint density at radius 2 is 2.12 bits per heavy atom. The van der Waals surface area contributed by atoms with Crippen LogP contribution in [0.25, 0.3) is 11.5 Å². The lowest BCUT2D eigenvalue weighted by atomic mass is 9.87. The van der Waals surface area contributed by atoms with Crippen molar-refractivity contribution < 1.29 is 14.1 Å². The predicted molar refractivity (Wildman–Crippen MR) is 89.5 cm³/mol. The van der Waals surface area contributed by atoms with Gasteiger partial charge in [0, 0.05) is 12.2 Å². The maximum absolute atomic E-state index is 9.72. The highest BCUT2D eigenvalue weighted by Crippen LogP contribution is 2.33. The molecule has 1 aliphatic carbocycles. The van der Waals surface area contributed by atoms with Gasteiger partial charge in [-0.15, -0.1) is 0 Å². The number of H-pyrrole nitrogens is 1. The molecule has 0 aromatic carbocycles. The van der Waals surface area contributed by atoms with Crippen molar-refractivity contribution in [3.63, 3.8) is 0 Å². The van der Waals surface area contributed by atoms with Crippen LogP contribution in [-0.4, -0.2) is 19.3 Å². The molecule has 0 radical (unpaired) electrons. The molecule has 5 heteroatoms. The van der Waals surface area contributed by atoms with Gasteiger partial charge >= 0.3 is 0 Å². The first-order valence-electron chi connectivity index (χ1n) is 8.77. The van der Waals surface area contributed by atoms with Gasteiger partial charge in [0.15, 0.2) is 11.5 Å². The SMILES string of the molecule is N#Cc1c(NC[C@@H]2CCCO2)[nH+]c(-c2ccco2)c2c1CCCC2. The summed E-state index contributed by atoms with van der Waals surface area (Å²) in [5.41, 5.74) is 4.15. The number of hydrogen-bond acceptors (Lipinski definition) is 4. The van der Waals surface area contributed by atoms with E-state index in [2.05, 4.69) is 16.4 Å². The largest absolute Gasteiger partial charge is 0.461 e. The van der Waals surface area contributed by atoms with Gasteiger partial charge in [-0.25, -0.2) is 4.98 Å². The summed E-state index contributed by atoms with van der Waals surface area (Å²) in [5.74, 6) is 1.62. The highest BCUT2D eigenvalue weighted by Gasteiger charge is 2.28. The van der Waals surface area contributed by atoms with Crippen LogP contribution < -0.4 is 10.3 Å². The van der Waals surface area contributed by atoms with Crippen molar-refractivity contribution in [2.24, 2.45) is 0 Å². The lowest BCUT2D eigenvalue weighted by molar-refractivity contribution is -0.350. The van der Waals surface area contributed by atoms with E-state index >= 15 is 0 Å². The number of pyridine rings is 1. The lowest BCUT2D eigenvalue weighted by Gasteiger charge is -2.19. The molecule has 0 unspecified atom stereocenters. The van der Waals surface area contributed by atoms with E-state index in [0.717, 1.165) is 74.5 Å². The molecule has 2 N–H and O–H groups in total. The summed E-state index contributed by atoms with van der Waals surface area (Å²) in [6, 6.07) is 6.27. The third-order valence-corrected chi connectivity index (χ3v) is 4.98. The molecule has 4 rings (SSSR count). The second kappa shape index (κ2) is 6.66. The second-order valence-corrected chi connectivity index (χ2v) is 6.52. The van der Waals surface area contributed by atoms with E-state index in [4.69, 9.17) is 9.15 Å². The maximum atomic E-state index is 9.72. The molecule has 1 saturated heterocycles. The number of fused-ring (bicyclic) bond motifs is 1. The van der Waals surface area contributed by atoms with Crippen molar-refractivity contribution in [1.29, 1.82) is 5.26 Å². The van der Waals surface area contributed by atoms with Gasteiger partial charge in [0.25, 0.3) is 5.82 Å². The van der Waals surface area contributed by atoms with Gasteiger partial charge < -0.3 is 9.15 Å². The van der Waals surface area contributed by atoms with Crippen LogP contribution in [0.3, 0.4) is 0 Å². The fraction of sp³-hybridized carbons (Fsp3) is 0.474. The Kier molecular flexibility index (Phi) is 4.22. The highest BCUT2D eigenvalue weighted by molar-refractivity contribution is 5.64. The molecule has 0 bridgehead atoms. The lowest BCUT2D eigenvalue weighted by Crippen LogP contribution is -2.27. The fourth-order valence-corrected chi connectivity index (χ4v) is 3.78. The zero-order chi connectivity index (χ0) is 16.4. The number of anilines is 1. The number of ether oxygens (including phenoxy) is 1. The van der Waals surface area contributed by atoms with Gasteiger partial charge in [-0.2, -0.15) is 5.26 Å². The van der Waals surface area contributed by atoms with E-state index in [0.29, 0.717) is 0 Å². The van der Waals surface area contributed by atoms with Crippen molar-refractivity contribution >= 4 is 5.82 Å². The van der Waals surface area contributed by atoms with Gasteiger partial charge in [0.2, 0.25) is 0 Å². The summed E-state index contributed by atoms with van der Waals surface area (Å²) in [4.78, 5) is 3.44. The fourth-order valence-electron chi connectivity index (χ4n) is 3.78. The highest BCUT2D eigenvalue weighted by atomic mass is 16.5. The summed E-state index contributed by atoms with van der Waals surface area (Å²) in [7, 11) is 0. The Morgan fingerprint density at radius 1 is 1.25 bits per heavy atom. The first-order valence-corrected chi connectivity index (χ1v) is 8.77. The molecule has 2 aromatic rings. The van der Waals surface area contributed by atoms with Gasteiger partial charge in [-0.1, -0.05) is 0 Å². The Bertz CT molecular complexity index is 756. The summed E-state index contributed by atoms with van der Waals surface area (Å²) in [6.45, 7) is 1.56. The summed E-state index contributed by atoms with van der Waals surface area (Å²) in [5, 5.41) is 13.1. The number of nitrogens with zero attached hydrogens (tertiary/aromatic N) is 1. The van der Waals surface area contributed by atoms with Gasteiger partial charge in [-0.05, 0) is 56.2 Å². The Balaban J connectivity index is 1.74.